The molecule has 28 heavy (non-hydrogen) atoms. The Labute approximate surface area is 158 Å². The van der Waals surface area contributed by atoms with Gasteiger partial charge >= 0.3 is 0 Å². The molecule has 0 radical (unpaired) electrons. The predicted molar refractivity (Wildman–Crippen MR) is 102 cm³/mol. The van der Waals surface area contributed by atoms with Gasteiger partial charge in [-0.15, -0.1) is 0 Å². The molecule has 1 aliphatic carbocycles. The first kappa shape index (κ1) is 16.4. The summed E-state index contributed by atoms with van der Waals surface area (Å²) in [5.41, 5.74) is 3.12. The largest absolute Gasteiger partial charge is 0.508 e. The highest BCUT2D eigenvalue weighted by Gasteiger charge is 2.20. The predicted octanol–water partition coefficient (Wildman–Crippen LogP) is 1.45. The van der Waals surface area contributed by atoms with Crippen molar-refractivity contribution in [2.45, 2.75) is 18.9 Å². The molecule has 4 N–H and O–H groups in total. The zero-order valence-electron chi connectivity index (χ0n) is 14.7. The SMILES string of the molecule is Oc1cccc(-c2cc(=NC3CC3)n3ncc(=Cc4cc(O)[nH]c4O)c3n2)c1. The number of phenols is 1. The van der Waals surface area contributed by atoms with Crippen molar-refractivity contribution >= 4 is 11.7 Å². The highest BCUT2D eigenvalue weighted by atomic mass is 16.3. The lowest BCUT2D eigenvalue weighted by Gasteiger charge is -2.03. The molecular formula is C20H17N5O3. The van der Waals surface area contributed by atoms with Gasteiger partial charge in [-0.25, -0.2) is 4.98 Å². The molecule has 4 aromatic rings. The normalized spacial score (nSPS) is 15.6. The number of benzene rings is 1. The highest BCUT2D eigenvalue weighted by Crippen LogP contribution is 2.24. The van der Waals surface area contributed by atoms with Gasteiger partial charge < -0.3 is 15.3 Å². The van der Waals surface area contributed by atoms with Gasteiger partial charge in [0.1, 0.15) is 5.75 Å². The van der Waals surface area contributed by atoms with E-state index in [1.807, 2.05) is 12.1 Å². The minimum atomic E-state index is -0.135. The second kappa shape index (κ2) is 6.12. The lowest BCUT2D eigenvalue weighted by atomic mass is 10.1. The minimum absolute atomic E-state index is 0.127. The monoisotopic (exact) mass is 375 g/mol. The van der Waals surface area contributed by atoms with Crippen molar-refractivity contribution in [2.75, 3.05) is 0 Å². The number of nitrogens with zero attached hydrogens (tertiary/aromatic N) is 4. The molecule has 8 heteroatoms. The van der Waals surface area contributed by atoms with Crippen LogP contribution in [0.1, 0.15) is 18.4 Å². The van der Waals surface area contributed by atoms with Crippen molar-refractivity contribution in [2.24, 2.45) is 4.99 Å². The number of hydrogen-bond donors (Lipinski definition) is 4. The fraction of sp³-hybridized carbons (Fsp3) is 0.150. The summed E-state index contributed by atoms with van der Waals surface area (Å²) in [5, 5.41) is 34.3. The first-order chi connectivity index (χ1) is 13.6. The summed E-state index contributed by atoms with van der Waals surface area (Å²) in [4.78, 5) is 11.9. The molecule has 0 saturated heterocycles. The summed E-state index contributed by atoms with van der Waals surface area (Å²) in [6.07, 6.45) is 5.45. The number of aromatic nitrogens is 4. The van der Waals surface area contributed by atoms with Gasteiger partial charge in [0, 0.05) is 28.5 Å². The molecule has 0 atom stereocenters. The number of phenolic OH excluding ortho intramolecular Hbond substituents is 1. The zero-order chi connectivity index (χ0) is 19.3. The van der Waals surface area contributed by atoms with Gasteiger partial charge in [0.2, 0.25) is 0 Å². The van der Waals surface area contributed by atoms with Gasteiger partial charge in [-0.1, -0.05) is 12.1 Å². The second-order valence-electron chi connectivity index (χ2n) is 6.85. The van der Waals surface area contributed by atoms with Crippen molar-refractivity contribution in [3.8, 4) is 28.8 Å². The van der Waals surface area contributed by atoms with Crippen LogP contribution in [0.2, 0.25) is 0 Å². The number of aromatic hydroxyl groups is 3. The average Bonchev–Trinajstić information content (AvgIpc) is 3.30. The molecule has 1 aliphatic rings. The molecule has 3 aromatic heterocycles. The van der Waals surface area contributed by atoms with Crippen molar-refractivity contribution in [3.63, 3.8) is 0 Å². The Kier molecular flexibility index (Phi) is 3.58. The van der Waals surface area contributed by atoms with E-state index in [1.54, 1.807) is 35.0 Å². The van der Waals surface area contributed by atoms with Gasteiger partial charge in [-0.3, -0.25) is 9.98 Å². The molecule has 140 valence electrons. The van der Waals surface area contributed by atoms with Crippen LogP contribution >= 0.6 is 0 Å². The first-order valence-electron chi connectivity index (χ1n) is 8.91. The Bertz CT molecular complexity index is 1320. The summed E-state index contributed by atoms with van der Waals surface area (Å²) < 4.78 is 1.67. The standard InChI is InChI=1S/C20H17N5O3/c26-15-3-1-2-11(7-15)16-9-17(22-14-4-5-14)25-19(23-16)13(10-21-25)6-12-8-18(27)24-20(12)28/h1-3,6-10,14,24,26-28H,4-5H2. The Balaban J connectivity index is 1.78. The van der Waals surface area contributed by atoms with Gasteiger partial charge in [0.15, 0.2) is 22.9 Å². The van der Waals surface area contributed by atoms with E-state index in [0.29, 0.717) is 33.7 Å². The summed E-state index contributed by atoms with van der Waals surface area (Å²) >= 11 is 0. The van der Waals surface area contributed by atoms with Crippen LogP contribution in [-0.2, 0) is 0 Å². The molecule has 1 fully saturated rings. The fourth-order valence-corrected chi connectivity index (χ4v) is 3.08. The van der Waals surface area contributed by atoms with Gasteiger partial charge in [-0.2, -0.15) is 9.61 Å². The van der Waals surface area contributed by atoms with Crippen molar-refractivity contribution in [3.05, 3.63) is 58.9 Å². The maximum Gasteiger partial charge on any atom is 0.198 e. The summed E-state index contributed by atoms with van der Waals surface area (Å²) in [6, 6.07) is 10.5. The number of aromatic amines is 1. The molecule has 0 spiro atoms. The Morgan fingerprint density at radius 2 is 2.00 bits per heavy atom. The third-order valence-electron chi connectivity index (χ3n) is 4.61. The van der Waals surface area contributed by atoms with Gasteiger partial charge in [0.25, 0.3) is 0 Å². The lowest BCUT2D eigenvalue weighted by Crippen LogP contribution is -2.19. The van der Waals surface area contributed by atoms with E-state index in [2.05, 4.69) is 10.1 Å². The first-order valence-corrected chi connectivity index (χ1v) is 8.91. The average molecular weight is 375 g/mol. The molecular weight excluding hydrogens is 358 g/mol. The molecule has 5 rings (SSSR count). The van der Waals surface area contributed by atoms with Crippen LogP contribution in [0.5, 0.6) is 17.5 Å². The van der Waals surface area contributed by atoms with Crippen LogP contribution in [0.15, 0.2) is 47.6 Å². The summed E-state index contributed by atoms with van der Waals surface area (Å²) in [7, 11) is 0. The number of hydrogen-bond acceptors (Lipinski definition) is 6. The van der Waals surface area contributed by atoms with Crippen molar-refractivity contribution < 1.29 is 15.3 Å². The summed E-state index contributed by atoms with van der Waals surface area (Å²) in [6.45, 7) is 0. The number of H-pyrrole nitrogens is 1. The van der Waals surface area contributed by atoms with Gasteiger partial charge in [0.05, 0.1) is 17.9 Å². The quantitative estimate of drug-likeness (QED) is 0.432. The molecule has 0 aliphatic heterocycles. The van der Waals surface area contributed by atoms with E-state index < -0.39 is 0 Å². The lowest BCUT2D eigenvalue weighted by molar-refractivity contribution is 0.425. The van der Waals surface area contributed by atoms with E-state index >= 15 is 0 Å². The van der Waals surface area contributed by atoms with Crippen molar-refractivity contribution in [1.82, 2.24) is 19.6 Å². The Morgan fingerprint density at radius 1 is 1.14 bits per heavy atom. The Morgan fingerprint density at radius 3 is 2.71 bits per heavy atom. The van der Waals surface area contributed by atoms with Gasteiger partial charge in [-0.05, 0) is 31.1 Å². The minimum Gasteiger partial charge on any atom is -0.508 e. The smallest absolute Gasteiger partial charge is 0.198 e. The van der Waals surface area contributed by atoms with E-state index in [0.717, 1.165) is 18.4 Å². The van der Waals surface area contributed by atoms with Crippen molar-refractivity contribution in [1.29, 1.82) is 0 Å². The van der Waals surface area contributed by atoms with Crippen LogP contribution in [0.25, 0.3) is 23.0 Å². The number of nitrogens with one attached hydrogen (secondary N) is 1. The molecule has 0 amide bonds. The fourth-order valence-electron chi connectivity index (χ4n) is 3.08. The maximum absolute atomic E-state index is 9.91. The number of fused-ring (bicyclic) bond motifs is 1. The Hall–Kier alpha value is -3.81. The highest BCUT2D eigenvalue weighted by molar-refractivity contribution is 5.65. The van der Waals surface area contributed by atoms with Crippen LogP contribution < -0.4 is 10.7 Å². The summed E-state index contributed by atoms with van der Waals surface area (Å²) in [5.74, 6) is -0.102. The third-order valence-corrected chi connectivity index (χ3v) is 4.61. The molecule has 8 nitrogen and oxygen atoms in total. The van der Waals surface area contributed by atoms with Crippen LogP contribution in [-0.4, -0.2) is 40.9 Å². The maximum atomic E-state index is 9.91. The second-order valence-corrected chi connectivity index (χ2v) is 6.85. The molecule has 1 aromatic carbocycles. The van der Waals surface area contributed by atoms with E-state index in [-0.39, 0.29) is 17.5 Å². The van der Waals surface area contributed by atoms with Crippen LogP contribution in [0, 0.1) is 0 Å². The zero-order valence-corrected chi connectivity index (χ0v) is 14.7. The molecule has 0 unspecified atom stereocenters. The van der Waals surface area contributed by atoms with Crippen LogP contribution in [0.3, 0.4) is 0 Å². The van der Waals surface area contributed by atoms with Crippen LogP contribution in [0.4, 0.5) is 0 Å². The van der Waals surface area contributed by atoms with E-state index in [4.69, 9.17) is 9.98 Å². The molecule has 0 bridgehead atoms. The third kappa shape index (κ3) is 2.94. The van der Waals surface area contributed by atoms with E-state index in [9.17, 15) is 15.3 Å². The topological polar surface area (TPSA) is 119 Å². The number of rotatable bonds is 3. The van der Waals surface area contributed by atoms with E-state index in [1.165, 1.54) is 6.07 Å². The molecule has 1 saturated carbocycles. The molecule has 3 heterocycles.